The third-order valence-electron chi connectivity index (χ3n) is 4.25. The number of hydrogen-bond acceptors (Lipinski definition) is 2. The minimum atomic E-state index is 0.802. The van der Waals surface area contributed by atoms with Crippen molar-refractivity contribution in [2.24, 2.45) is 0 Å². The van der Waals surface area contributed by atoms with Gasteiger partial charge in [-0.25, -0.2) is 0 Å². The molecule has 1 aromatic heterocycles. The summed E-state index contributed by atoms with van der Waals surface area (Å²) in [6.45, 7) is 5.47. The lowest BCUT2D eigenvalue weighted by atomic mass is 9.97. The number of ether oxygens (including phenoxy) is 2. The molecule has 3 nitrogen and oxygen atoms in total. The Morgan fingerprint density at radius 3 is 2.45 bits per heavy atom. The van der Waals surface area contributed by atoms with Gasteiger partial charge in [0.1, 0.15) is 0 Å². The van der Waals surface area contributed by atoms with Crippen LogP contribution in [0.4, 0.5) is 0 Å². The van der Waals surface area contributed by atoms with Crippen molar-refractivity contribution < 1.29 is 9.47 Å². The van der Waals surface area contributed by atoms with E-state index in [1.54, 1.807) is 14.2 Å². The molecule has 0 aliphatic carbocycles. The number of methoxy groups -OCH3 is 2. The Morgan fingerprint density at radius 1 is 1.10 bits per heavy atom. The van der Waals surface area contributed by atoms with Crippen molar-refractivity contribution in [1.29, 1.82) is 0 Å². The Hall–Kier alpha value is -1.90. The molecule has 0 spiro atoms. The quantitative estimate of drug-likeness (QED) is 0.851. The molecule has 0 fully saturated rings. The fourth-order valence-corrected chi connectivity index (χ4v) is 3.27. The van der Waals surface area contributed by atoms with Gasteiger partial charge in [-0.1, -0.05) is 6.92 Å². The van der Waals surface area contributed by atoms with E-state index in [4.69, 9.17) is 9.47 Å². The summed E-state index contributed by atoms with van der Waals surface area (Å²) in [4.78, 5) is 0. The van der Waals surface area contributed by atoms with Crippen LogP contribution in [-0.4, -0.2) is 18.8 Å². The first-order chi connectivity index (χ1) is 9.69. The molecule has 3 heteroatoms. The molecule has 0 radical (unpaired) electrons. The SMILES string of the molecule is CCc1c(C)cc2n1CCc1cc(OC)c(OC)cc1-2. The van der Waals surface area contributed by atoms with E-state index in [0.717, 1.165) is 30.9 Å². The van der Waals surface area contributed by atoms with Crippen LogP contribution in [-0.2, 0) is 19.4 Å². The first kappa shape index (κ1) is 13.1. The van der Waals surface area contributed by atoms with Crippen LogP contribution in [0.25, 0.3) is 11.3 Å². The third kappa shape index (κ3) is 1.80. The first-order valence-electron chi connectivity index (χ1n) is 7.13. The molecule has 2 heterocycles. The lowest BCUT2D eigenvalue weighted by Crippen LogP contribution is -2.13. The maximum atomic E-state index is 5.45. The molecule has 0 N–H and O–H groups in total. The molecule has 0 unspecified atom stereocenters. The van der Waals surface area contributed by atoms with Gasteiger partial charge in [-0.05, 0) is 49.1 Å². The molecule has 20 heavy (non-hydrogen) atoms. The third-order valence-corrected chi connectivity index (χ3v) is 4.25. The average molecular weight is 271 g/mol. The summed E-state index contributed by atoms with van der Waals surface area (Å²) in [6.07, 6.45) is 2.12. The lowest BCUT2D eigenvalue weighted by Gasteiger charge is -2.23. The van der Waals surface area contributed by atoms with Crippen LogP contribution >= 0.6 is 0 Å². The van der Waals surface area contributed by atoms with E-state index in [1.807, 2.05) is 0 Å². The van der Waals surface area contributed by atoms with Gasteiger partial charge in [-0.3, -0.25) is 0 Å². The van der Waals surface area contributed by atoms with Gasteiger partial charge < -0.3 is 14.0 Å². The number of benzene rings is 1. The molecular weight excluding hydrogens is 250 g/mol. The van der Waals surface area contributed by atoms with Gasteiger partial charge in [0.05, 0.1) is 14.2 Å². The van der Waals surface area contributed by atoms with Crippen molar-refractivity contribution in [2.75, 3.05) is 14.2 Å². The van der Waals surface area contributed by atoms with Gasteiger partial charge in [0, 0.05) is 23.5 Å². The van der Waals surface area contributed by atoms with Crippen molar-refractivity contribution in [3.05, 3.63) is 35.0 Å². The van der Waals surface area contributed by atoms with Gasteiger partial charge in [-0.2, -0.15) is 0 Å². The maximum Gasteiger partial charge on any atom is 0.161 e. The molecule has 0 saturated heterocycles. The Labute approximate surface area is 120 Å². The number of nitrogens with zero attached hydrogens (tertiary/aromatic N) is 1. The van der Waals surface area contributed by atoms with Crippen molar-refractivity contribution >= 4 is 0 Å². The van der Waals surface area contributed by atoms with Gasteiger partial charge in [-0.15, -0.1) is 0 Å². The molecule has 106 valence electrons. The zero-order valence-electron chi connectivity index (χ0n) is 12.6. The lowest BCUT2D eigenvalue weighted by molar-refractivity contribution is 0.354. The standard InChI is InChI=1S/C17H21NO2/c1-5-14-11(2)8-15-13-10-17(20-4)16(19-3)9-12(13)6-7-18(14)15/h8-10H,5-7H2,1-4H3. The van der Waals surface area contributed by atoms with Crippen molar-refractivity contribution in [3.8, 4) is 22.8 Å². The summed E-state index contributed by atoms with van der Waals surface area (Å²) in [5.41, 5.74) is 6.75. The molecule has 1 aliphatic rings. The number of hydrogen-bond donors (Lipinski definition) is 0. The van der Waals surface area contributed by atoms with Crippen LogP contribution in [0.3, 0.4) is 0 Å². The second-order valence-electron chi connectivity index (χ2n) is 5.28. The van der Waals surface area contributed by atoms with E-state index in [9.17, 15) is 0 Å². The summed E-state index contributed by atoms with van der Waals surface area (Å²) in [7, 11) is 3.38. The highest BCUT2D eigenvalue weighted by atomic mass is 16.5. The van der Waals surface area contributed by atoms with E-state index in [1.165, 1.54) is 28.1 Å². The largest absolute Gasteiger partial charge is 0.493 e. The van der Waals surface area contributed by atoms with Crippen molar-refractivity contribution in [1.82, 2.24) is 4.57 Å². The maximum absolute atomic E-state index is 5.45. The Balaban J connectivity index is 2.21. The van der Waals surface area contributed by atoms with Gasteiger partial charge in [0.25, 0.3) is 0 Å². The van der Waals surface area contributed by atoms with E-state index in [2.05, 4.69) is 36.6 Å². The highest BCUT2D eigenvalue weighted by Gasteiger charge is 2.22. The average Bonchev–Trinajstić information content (AvgIpc) is 2.81. The Morgan fingerprint density at radius 2 is 1.80 bits per heavy atom. The summed E-state index contributed by atoms with van der Waals surface area (Å²) in [5.74, 6) is 1.62. The second kappa shape index (κ2) is 4.89. The van der Waals surface area contributed by atoms with E-state index < -0.39 is 0 Å². The van der Waals surface area contributed by atoms with E-state index in [-0.39, 0.29) is 0 Å². The van der Waals surface area contributed by atoms with Crippen LogP contribution in [0.2, 0.25) is 0 Å². The molecule has 0 amide bonds. The minimum absolute atomic E-state index is 0.802. The molecule has 1 aliphatic heterocycles. The smallest absolute Gasteiger partial charge is 0.161 e. The van der Waals surface area contributed by atoms with Crippen LogP contribution in [0, 0.1) is 6.92 Å². The Bertz CT molecular complexity index is 655. The fourth-order valence-electron chi connectivity index (χ4n) is 3.27. The first-order valence-corrected chi connectivity index (χ1v) is 7.13. The summed E-state index contributed by atoms with van der Waals surface area (Å²) < 4.78 is 13.3. The molecule has 3 rings (SSSR count). The molecule has 2 aromatic rings. The number of fused-ring (bicyclic) bond motifs is 3. The number of aryl methyl sites for hydroxylation is 2. The normalized spacial score (nSPS) is 12.8. The highest BCUT2D eigenvalue weighted by molar-refractivity contribution is 5.72. The molecule has 0 bridgehead atoms. The molecule has 0 atom stereocenters. The van der Waals surface area contributed by atoms with Crippen molar-refractivity contribution in [3.63, 3.8) is 0 Å². The number of aromatic nitrogens is 1. The molecule has 1 aromatic carbocycles. The predicted octanol–water partition coefficient (Wildman–Crippen LogP) is 3.60. The van der Waals surface area contributed by atoms with Gasteiger partial charge in [0.15, 0.2) is 11.5 Å². The fraction of sp³-hybridized carbons (Fsp3) is 0.412. The van der Waals surface area contributed by atoms with Crippen LogP contribution < -0.4 is 9.47 Å². The Kier molecular flexibility index (Phi) is 3.20. The van der Waals surface area contributed by atoms with Crippen LogP contribution in [0.1, 0.15) is 23.7 Å². The highest BCUT2D eigenvalue weighted by Crippen LogP contribution is 2.40. The zero-order valence-corrected chi connectivity index (χ0v) is 12.6. The summed E-state index contributed by atoms with van der Waals surface area (Å²) in [6, 6.07) is 6.52. The minimum Gasteiger partial charge on any atom is -0.493 e. The number of rotatable bonds is 3. The topological polar surface area (TPSA) is 23.4 Å². The van der Waals surface area contributed by atoms with Crippen LogP contribution in [0.5, 0.6) is 11.5 Å². The zero-order chi connectivity index (χ0) is 14.3. The molecule has 0 saturated carbocycles. The van der Waals surface area contributed by atoms with Crippen LogP contribution in [0.15, 0.2) is 18.2 Å². The monoisotopic (exact) mass is 271 g/mol. The van der Waals surface area contributed by atoms with Gasteiger partial charge >= 0.3 is 0 Å². The molecular formula is C17H21NO2. The van der Waals surface area contributed by atoms with Crippen molar-refractivity contribution in [2.45, 2.75) is 33.2 Å². The summed E-state index contributed by atoms with van der Waals surface area (Å²) >= 11 is 0. The van der Waals surface area contributed by atoms with E-state index in [0.29, 0.717) is 0 Å². The predicted molar refractivity (Wildman–Crippen MR) is 80.8 cm³/mol. The van der Waals surface area contributed by atoms with E-state index >= 15 is 0 Å². The van der Waals surface area contributed by atoms with Gasteiger partial charge in [0.2, 0.25) is 0 Å². The second-order valence-corrected chi connectivity index (χ2v) is 5.28. The summed E-state index contributed by atoms with van der Waals surface area (Å²) in [5, 5.41) is 0.